The topological polar surface area (TPSA) is 74.4 Å². The smallest absolute Gasteiger partial charge is 0.263 e. The molecule has 2 aromatic carbocycles. The van der Waals surface area contributed by atoms with Crippen LogP contribution < -0.4 is 15.2 Å². The fourth-order valence-electron chi connectivity index (χ4n) is 3.59. The van der Waals surface area contributed by atoms with Gasteiger partial charge >= 0.3 is 0 Å². The van der Waals surface area contributed by atoms with Gasteiger partial charge in [-0.25, -0.2) is 4.98 Å². The Morgan fingerprint density at radius 3 is 2.19 bits per heavy atom. The second kappa shape index (κ2) is 10.1. The van der Waals surface area contributed by atoms with Crippen LogP contribution in [0.1, 0.15) is 12.0 Å². The van der Waals surface area contributed by atoms with Crippen LogP contribution in [0.5, 0.6) is 5.75 Å². The molecule has 0 aliphatic carbocycles. The Hall–Kier alpha value is -3.63. The lowest BCUT2D eigenvalue weighted by Gasteiger charge is -2.23. The predicted octanol–water partition coefficient (Wildman–Crippen LogP) is 3.38. The van der Waals surface area contributed by atoms with Crippen LogP contribution in [0.4, 0.5) is 5.95 Å². The highest BCUT2D eigenvalue weighted by molar-refractivity contribution is 5.81. The second-order valence-electron chi connectivity index (χ2n) is 8.00. The molecule has 0 aliphatic heterocycles. The second-order valence-corrected chi connectivity index (χ2v) is 8.00. The molecule has 7 heteroatoms. The number of benzene rings is 2. The van der Waals surface area contributed by atoms with Gasteiger partial charge in [0.15, 0.2) is 0 Å². The molecular formula is C25H29N5O2. The number of aromatic nitrogens is 2. The Labute approximate surface area is 189 Å². The maximum atomic E-state index is 13.6. The molecule has 0 bridgehead atoms. The zero-order valence-electron chi connectivity index (χ0n) is 19.3. The van der Waals surface area contributed by atoms with Crippen molar-refractivity contribution in [2.24, 2.45) is 7.05 Å². The minimum atomic E-state index is -0.126. The van der Waals surface area contributed by atoms with Crippen LogP contribution >= 0.6 is 0 Å². The van der Waals surface area contributed by atoms with Crippen LogP contribution in [0, 0.1) is 11.3 Å². The van der Waals surface area contributed by atoms with Crippen LogP contribution in [0.25, 0.3) is 22.4 Å². The number of hydrogen-bond acceptors (Lipinski definition) is 6. The van der Waals surface area contributed by atoms with Gasteiger partial charge in [-0.05, 0) is 56.9 Å². The maximum Gasteiger partial charge on any atom is 0.263 e. The number of nitrogens with zero attached hydrogens (tertiary/aromatic N) is 5. The molecule has 0 saturated carbocycles. The fourth-order valence-corrected chi connectivity index (χ4v) is 3.59. The van der Waals surface area contributed by atoms with Gasteiger partial charge in [-0.2, -0.15) is 5.26 Å². The van der Waals surface area contributed by atoms with Gasteiger partial charge in [0.25, 0.3) is 5.56 Å². The van der Waals surface area contributed by atoms with E-state index in [9.17, 15) is 4.79 Å². The molecule has 0 spiro atoms. The summed E-state index contributed by atoms with van der Waals surface area (Å²) in [6.45, 7) is 1.72. The van der Waals surface area contributed by atoms with E-state index in [0.29, 0.717) is 22.8 Å². The first-order chi connectivity index (χ1) is 15.3. The van der Waals surface area contributed by atoms with E-state index >= 15 is 0 Å². The molecule has 0 N–H and O–H groups in total. The molecule has 0 unspecified atom stereocenters. The number of methoxy groups -OCH3 is 1. The van der Waals surface area contributed by atoms with Gasteiger partial charge in [0.05, 0.1) is 30.0 Å². The largest absolute Gasteiger partial charge is 0.497 e. The van der Waals surface area contributed by atoms with E-state index < -0.39 is 0 Å². The molecule has 166 valence electrons. The van der Waals surface area contributed by atoms with E-state index in [4.69, 9.17) is 15.0 Å². The third-order valence-corrected chi connectivity index (χ3v) is 5.37. The maximum absolute atomic E-state index is 13.6. The van der Waals surface area contributed by atoms with Crippen molar-refractivity contribution in [1.82, 2.24) is 14.5 Å². The Morgan fingerprint density at radius 1 is 1.00 bits per heavy atom. The standard InChI is InChI=1S/C25H29N5O2/c1-28(2)15-6-16-29(3)25-27-23(20-9-7-18(17-26)8-10-20)22(24(31)30(25)4)19-11-13-21(32-5)14-12-19/h7-14H,6,15-16H2,1-5H3. The molecule has 7 nitrogen and oxygen atoms in total. The third kappa shape index (κ3) is 4.98. The molecule has 0 amide bonds. The van der Waals surface area contributed by atoms with Crippen molar-refractivity contribution in [2.75, 3.05) is 46.2 Å². The summed E-state index contributed by atoms with van der Waals surface area (Å²) in [5, 5.41) is 9.16. The molecule has 1 aromatic heterocycles. The highest BCUT2D eigenvalue weighted by Gasteiger charge is 2.20. The number of nitriles is 1. The lowest BCUT2D eigenvalue weighted by Crippen LogP contribution is -2.32. The van der Waals surface area contributed by atoms with E-state index in [0.717, 1.165) is 36.4 Å². The van der Waals surface area contributed by atoms with E-state index in [-0.39, 0.29) is 5.56 Å². The summed E-state index contributed by atoms with van der Waals surface area (Å²) in [5.41, 5.74) is 3.10. The number of rotatable bonds is 8. The average molecular weight is 432 g/mol. The molecular weight excluding hydrogens is 402 g/mol. The average Bonchev–Trinajstić information content (AvgIpc) is 2.80. The first-order valence-corrected chi connectivity index (χ1v) is 10.5. The van der Waals surface area contributed by atoms with Gasteiger partial charge < -0.3 is 14.5 Å². The molecule has 3 rings (SSSR count). The number of ether oxygens (including phenoxy) is 1. The van der Waals surface area contributed by atoms with Gasteiger partial charge in [0.2, 0.25) is 5.95 Å². The first kappa shape index (κ1) is 23.0. The molecule has 0 fully saturated rings. The minimum absolute atomic E-state index is 0.126. The van der Waals surface area contributed by atoms with Crippen LogP contribution in [0.3, 0.4) is 0 Å². The SMILES string of the molecule is COc1ccc(-c2c(-c3ccc(C#N)cc3)nc(N(C)CCCN(C)C)n(C)c2=O)cc1. The lowest BCUT2D eigenvalue weighted by atomic mass is 9.99. The van der Waals surface area contributed by atoms with Crippen LogP contribution in [-0.2, 0) is 7.05 Å². The summed E-state index contributed by atoms with van der Waals surface area (Å²) in [6, 6.07) is 16.7. The van der Waals surface area contributed by atoms with Crippen molar-refractivity contribution in [2.45, 2.75) is 6.42 Å². The van der Waals surface area contributed by atoms with Crippen LogP contribution in [0.15, 0.2) is 53.3 Å². The van der Waals surface area contributed by atoms with Crippen molar-refractivity contribution in [3.05, 3.63) is 64.4 Å². The zero-order valence-corrected chi connectivity index (χ0v) is 19.3. The Bertz CT molecular complexity index is 1160. The van der Waals surface area contributed by atoms with Crippen LogP contribution in [0.2, 0.25) is 0 Å². The van der Waals surface area contributed by atoms with Crippen molar-refractivity contribution in [1.29, 1.82) is 5.26 Å². The molecule has 0 radical (unpaired) electrons. The van der Waals surface area contributed by atoms with Crippen LogP contribution in [-0.4, -0.2) is 55.8 Å². The third-order valence-electron chi connectivity index (χ3n) is 5.37. The highest BCUT2D eigenvalue weighted by atomic mass is 16.5. The fraction of sp³-hybridized carbons (Fsp3) is 0.320. The van der Waals surface area contributed by atoms with E-state index in [1.54, 1.807) is 30.9 Å². The van der Waals surface area contributed by atoms with Crippen molar-refractivity contribution < 1.29 is 4.74 Å². The summed E-state index contributed by atoms with van der Waals surface area (Å²) in [6.07, 6.45) is 0.950. The normalized spacial score (nSPS) is 10.8. The summed E-state index contributed by atoms with van der Waals surface area (Å²) >= 11 is 0. The van der Waals surface area contributed by atoms with Gasteiger partial charge in [0.1, 0.15) is 5.75 Å². The molecule has 1 heterocycles. The number of anilines is 1. The Kier molecular flexibility index (Phi) is 7.29. The molecule has 3 aromatic rings. The van der Waals surface area contributed by atoms with E-state index in [1.807, 2.05) is 62.4 Å². The summed E-state index contributed by atoms with van der Waals surface area (Å²) in [4.78, 5) is 22.6. The Morgan fingerprint density at radius 2 is 1.62 bits per heavy atom. The zero-order chi connectivity index (χ0) is 23.3. The van der Waals surface area contributed by atoms with Gasteiger partial charge in [0, 0.05) is 26.2 Å². The Balaban J connectivity index is 2.15. The monoisotopic (exact) mass is 431 g/mol. The summed E-state index contributed by atoms with van der Waals surface area (Å²) in [5.74, 6) is 1.32. The lowest BCUT2D eigenvalue weighted by molar-refractivity contribution is 0.401. The predicted molar refractivity (Wildman–Crippen MR) is 128 cm³/mol. The molecule has 32 heavy (non-hydrogen) atoms. The number of hydrogen-bond donors (Lipinski definition) is 0. The molecule has 0 saturated heterocycles. The van der Waals surface area contributed by atoms with E-state index in [2.05, 4.69) is 11.0 Å². The van der Waals surface area contributed by atoms with Crippen molar-refractivity contribution in [3.63, 3.8) is 0 Å². The quantitative estimate of drug-likeness (QED) is 0.544. The van der Waals surface area contributed by atoms with Crippen molar-refractivity contribution in [3.8, 4) is 34.2 Å². The summed E-state index contributed by atoms with van der Waals surface area (Å²) in [7, 11) is 9.40. The van der Waals surface area contributed by atoms with E-state index in [1.165, 1.54) is 0 Å². The summed E-state index contributed by atoms with van der Waals surface area (Å²) < 4.78 is 6.86. The molecule has 0 aliphatic rings. The first-order valence-electron chi connectivity index (χ1n) is 10.5. The minimum Gasteiger partial charge on any atom is -0.497 e. The van der Waals surface area contributed by atoms with Gasteiger partial charge in [-0.1, -0.05) is 24.3 Å². The van der Waals surface area contributed by atoms with Gasteiger partial charge in [-0.3, -0.25) is 9.36 Å². The highest BCUT2D eigenvalue weighted by Crippen LogP contribution is 2.30. The molecule has 0 atom stereocenters. The van der Waals surface area contributed by atoms with Crippen molar-refractivity contribution >= 4 is 5.95 Å². The van der Waals surface area contributed by atoms with Gasteiger partial charge in [-0.15, -0.1) is 0 Å².